The predicted octanol–water partition coefficient (Wildman–Crippen LogP) is 2.58. The summed E-state index contributed by atoms with van der Waals surface area (Å²) in [5.74, 6) is -0.511. The van der Waals surface area contributed by atoms with Crippen LogP contribution in [0.5, 0.6) is 0 Å². The number of hydrogen-bond donors (Lipinski definition) is 2. The Hall–Kier alpha value is -4.34. The van der Waals surface area contributed by atoms with Crippen LogP contribution in [0.15, 0.2) is 59.8 Å². The summed E-state index contributed by atoms with van der Waals surface area (Å²) in [4.78, 5) is 41.9. The van der Waals surface area contributed by atoms with Gasteiger partial charge in [0, 0.05) is 17.2 Å². The summed E-state index contributed by atoms with van der Waals surface area (Å²) in [6, 6.07) is 11.1. The number of para-hydroxylation sites is 2. The molecule has 2 aromatic heterocycles. The first kappa shape index (κ1) is 18.0. The van der Waals surface area contributed by atoms with E-state index in [0.29, 0.717) is 28.0 Å². The molecule has 1 amide bonds. The molecule has 4 aromatic rings. The van der Waals surface area contributed by atoms with Crippen molar-refractivity contribution in [1.29, 1.82) is 0 Å². The van der Waals surface area contributed by atoms with E-state index in [2.05, 4.69) is 20.4 Å². The second kappa shape index (κ2) is 7.00. The Bertz CT molecular complexity index is 1320. The molecule has 0 spiro atoms. The zero-order valence-electron chi connectivity index (χ0n) is 15.1. The van der Waals surface area contributed by atoms with Crippen LogP contribution >= 0.6 is 0 Å². The Morgan fingerprint density at radius 1 is 1.24 bits per heavy atom. The van der Waals surface area contributed by atoms with Crippen molar-refractivity contribution in [3.05, 3.63) is 86.6 Å². The van der Waals surface area contributed by atoms with E-state index in [1.165, 1.54) is 35.4 Å². The zero-order valence-corrected chi connectivity index (χ0v) is 15.1. The van der Waals surface area contributed by atoms with E-state index >= 15 is 0 Å². The summed E-state index contributed by atoms with van der Waals surface area (Å²) in [7, 11) is 0. The lowest BCUT2D eigenvalue weighted by Crippen LogP contribution is -2.15. The Morgan fingerprint density at radius 2 is 2.03 bits per heavy atom. The lowest BCUT2D eigenvalue weighted by Gasteiger charge is -2.12. The predicted molar refractivity (Wildman–Crippen MR) is 105 cm³/mol. The first-order valence-corrected chi connectivity index (χ1v) is 8.53. The number of carbonyl (C=O) groups is 1. The number of rotatable bonds is 4. The van der Waals surface area contributed by atoms with Crippen LogP contribution in [0.25, 0.3) is 16.7 Å². The molecule has 29 heavy (non-hydrogen) atoms. The van der Waals surface area contributed by atoms with E-state index < -0.39 is 10.8 Å². The van der Waals surface area contributed by atoms with E-state index in [1.54, 1.807) is 31.2 Å². The molecule has 2 heterocycles. The summed E-state index contributed by atoms with van der Waals surface area (Å²) < 4.78 is 1.44. The molecular weight excluding hydrogens is 376 g/mol. The summed E-state index contributed by atoms with van der Waals surface area (Å²) >= 11 is 0. The Kier molecular flexibility index (Phi) is 4.36. The highest BCUT2D eigenvalue weighted by molar-refractivity contribution is 6.05. The van der Waals surface area contributed by atoms with Gasteiger partial charge in [-0.3, -0.25) is 19.7 Å². The topological polar surface area (TPSA) is 136 Å². The number of H-pyrrole nitrogens is 1. The maximum absolute atomic E-state index is 12.7. The molecule has 0 fully saturated rings. The molecule has 0 radical (unpaired) electrons. The Morgan fingerprint density at radius 3 is 2.83 bits per heavy atom. The summed E-state index contributed by atoms with van der Waals surface area (Å²) in [5.41, 5.74) is 1.40. The number of nitrogens with one attached hydrogen (secondary N) is 2. The fourth-order valence-corrected chi connectivity index (χ4v) is 2.94. The highest BCUT2D eigenvalue weighted by Crippen LogP contribution is 2.24. The molecule has 0 saturated heterocycles. The van der Waals surface area contributed by atoms with E-state index in [0.717, 1.165) is 0 Å². The van der Waals surface area contributed by atoms with Crippen LogP contribution in [0.2, 0.25) is 0 Å². The molecule has 4 rings (SSSR count). The molecule has 0 unspecified atom stereocenters. The fourth-order valence-electron chi connectivity index (χ4n) is 2.94. The van der Waals surface area contributed by atoms with Gasteiger partial charge >= 0.3 is 0 Å². The molecule has 0 aliphatic heterocycles. The molecule has 144 valence electrons. The number of fused-ring (bicyclic) bond motifs is 1. The van der Waals surface area contributed by atoms with E-state index in [9.17, 15) is 19.7 Å². The van der Waals surface area contributed by atoms with Gasteiger partial charge < -0.3 is 10.3 Å². The highest BCUT2D eigenvalue weighted by Gasteiger charge is 2.17. The second-order valence-corrected chi connectivity index (χ2v) is 6.25. The first-order chi connectivity index (χ1) is 14.0. The SMILES string of the molecule is Cc1ccc(C(=O)Nc2ccccc2-n2ncc3c(=O)[nH]cnc32)cc1[N+](=O)[O-]. The molecule has 0 aliphatic rings. The number of aryl methyl sites for hydroxylation is 1. The fraction of sp³-hybridized carbons (Fsp3) is 0.0526. The minimum absolute atomic E-state index is 0.132. The lowest BCUT2D eigenvalue weighted by molar-refractivity contribution is -0.385. The van der Waals surface area contributed by atoms with Crippen molar-refractivity contribution in [2.45, 2.75) is 6.92 Å². The third-order valence-corrected chi connectivity index (χ3v) is 4.42. The van der Waals surface area contributed by atoms with Crippen LogP contribution in [0, 0.1) is 17.0 Å². The van der Waals surface area contributed by atoms with Gasteiger partial charge in [-0.1, -0.05) is 18.2 Å². The van der Waals surface area contributed by atoms with Gasteiger partial charge in [0.15, 0.2) is 5.65 Å². The number of benzene rings is 2. The van der Waals surface area contributed by atoms with Gasteiger partial charge in [0.25, 0.3) is 17.2 Å². The second-order valence-electron chi connectivity index (χ2n) is 6.25. The first-order valence-electron chi connectivity index (χ1n) is 8.53. The van der Waals surface area contributed by atoms with Gasteiger partial charge in [-0.15, -0.1) is 0 Å². The third kappa shape index (κ3) is 3.23. The number of nitro benzene ring substituents is 1. The maximum Gasteiger partial charge on any atom is 0.273 e. The van der Waals surface area contributed by atoms with Crippen molar-refractivity contribution in [2.75, 3.05) is 5.32 Å². The van der Waals surface area contributed by atoms with Gasteiger partial charge in [-0.25, -0.2) is 9.67 Å². The standard InChI is InChI=1S/C19H14N6O4/c1-11-6-7-12(8-16(11)25(28)29)18(26)23-14-4-2-3-5-15(14)24-17-13(9-22-24)19(27)21-10-20-17/h2-10H,1H3,(H,23,26)(H,20,21,27). The minimum atomic E-state index is -0.529. The Labute approximate surface area is 163 Å². The molecule has 0 atom stereocenters. The average Bonchev–Trinajstić information content (AvgIpc) is 3.14. The highest BCUT2D eigenvalue weighted by atomic mass is 16.6. The van der Waals surface area contributed by atoms with Crippen LogP contribution in [0.1, 0.15) is 15.9 Å². The Balaban J connectivity index is 1.74. The molecule has 2 aromatic carbocycles. The summed E-state index contributed by atoms with van der Waals surface area (Å²) in [6.07, 6.45) is 2.67. The number of amides is 1. The van der Waals surface area contributed by atoms with Gasteiger partial charge in [0.2, 0.25) is 0 Å². The number of nitrogens with zero attached hydrogens (tertiary/aromatic N) is 4. The maximum atomic E-state index is 12.7. The van der Waals surface area contributed by atoms with Crippen molar-refractivity contribution in [1.82, 2.24) is 19.7 Å². The molecule has 0 bridgehead atoms. The number of hydrogen-bond acceptors (Lipinski definition) is 6. The van der Waals surface area contributed by atoms with Gasteiger partial charge in [0.1, 0.15) is 5.39 Å². The van der Waals surface area contributed by atoms with Crippen molar-refractivity contribution >= 4 is 28.3 Å². The van der Waals surface area contributed by atoms with Crippen LogP contribution in [-0.2, 0) is 0 Å². The third-order valence-electron chi connectivity index (χ3n) is 4.42. The van der Waals surface area contributed by atoms with Crippen LogP contribution in [-0.4, -0.2) is 30.6 Å². The monoisotopic (exact) mass is 390 g/mol. The quantitative estimate of drug-likeness (QED) is 0.406. The number of carbonyl (C=O) groups excluding carboxylic acids is 1. The van der Waals surface area contributed by atoms with Crippen molar-refractivity contribution in [3.8, 4) is 5.69 Å². The minimum Gasteiger partial charge on any atom is -0.320 e. The van der Waals surface area contributed by atoms with Crippen LogP contribution in [0.4, 0.5) is 11.4 Å². The van der Waals surface area contributed by atoms with Gasteiger partial charge in [-0.05, 0) is 25.1 Å². The summed E-state index contributed by atoms with van der Waals surface area (Å²) in [5, 5.41) is 18.4. The normalized spacial score (nSPS) is 10.8. The number of aromatic nitrogens is 4. The van der Waals surface area contributed by atoms with Crippen molar-refractivity contribution < 1.29 is 9.72 Å². The van der Waals surface area contributed by atoms with Crippen molar-refractivity contribution in [3.63, 3.8) is 0 Å². The van der Waals surface area contributed by atoms with Crippen molar-refractivity contribution in [2.24, 2.45) is 0 Å². The van der Waals surface area contributed by atoms with Gasteiger partial charge in [-0.2, -0.15) is 5.10 Å². The molecule has 0 aliphatic carbocycles. The molecule has 2 N–H and O–H groups in total. The van der Waals surface area contributed by atoms with Crippen LogP contribution < -0.4 is 10.9 Å². The lowest BCUT2D eigenvalue weighted by atomic mass is 10.1. The van der Waals surface area contributed by atoms with Crippen LogP contribution in [0.3, 0.4) is 0 Å². The van der Waals surface area contributed by atoms with Gasteiger partial charge in [0.05, 0.1) is 28.8 Å². The largest absolute Gasteiger partial charge is 0.320 e. The molecule has 10 nitrogen and oxygen atoms in total. The van der Waals surface area contributed by atoms with E-state index in [4.69, 9.17) is 0 Å². The number of anilines is 1. The van der Waals surface area contributed by atoms with E-state index in [1.807, 2.05) is 0 Å². The smallest absolute Gasteiger partial charge is 0.273 e. The molecular formula is C19H14N6O4. The molecule has 10 heteroatoms. The number of nitro groups is 1. The summed E-state index contributed by atoms with van der Waals surface area (Å²) in [6.45, 7) is 1.60. The van der Waals surface area contributed by atoms with E-state index in [-0.39, 0.29) is 16.8 Å². The average molecular weight is 390 g/mol. The molecule has 0 saturated carbocycles. The zero-order chi connectivity index (χ0) is 20.5. The number of aromatic amines is 1.